The number of nitrogens with one attached hydrogen (secondary N) is 1. The number of hydrogen-bond acceptors (Lipinski definition) is 4. The Balaban J connectivity index is 0.00000180. The monoisotopic (exact) mass is 313 g/mol. The van der Waals surface area contributed by atoms with Gasteiger partial charge in [-0.15, -0.1) is 12.4 Å². The van der Waals surface area contributed by atoms with Gasteiger partial charge in [0, 0.05) is 25.7 Å². The first-order valence-electron chi connectivity index (χ1n) is 6.68. The first kappa shape index (κ1) is 17.1. The van der Waals surface area contributed by atoms with Crippen LogP contribution in [0.4, 0.5) is 0 Å². The molecule has 2 aliphatic rings. The Morgan fingerprint density at radius 3 is 2.37 bits per heavy atom. The summed E-state index contributed by atoms with van der Waals surface area (Å²) in [6.07, 6.45) is 4.52. The average molecular weight is 314 g/mol. The Hall–Kier alpha value is 0.0800. The van der Waals surface area contributed by atoms with Gasteiger partial charge in [-0.25, -0.2) is 0 Å². The van der Waals surface area contributed by atoms with E-state index in [9.17, 15) is 8.42 Å². The van der Waals surface area contributed by atoms with E-state index < -0.39 is 10.2 Å². The Morgan fingerprint density at radius 2 is 1.84 bits per heavy atom. The van der Waals surface area contributed by atoms with Gasteiger partial charge < -0.3 is 10.5 Å². The molecule has 1 saturated heterocycles. The number of hydrogen-bond donors (Lipinski definition) is 2. The second-order valence-corrected chi connectivity index (χ2v) is 6.72. The highest BCUT2D eigenvalue weighted by atomic mass is 35.5. The summed E-state index contributed by atoms with van der Waals surface area (Å²) in [6.45, 7) is 2.16. The molecule has 1 saturated carbocycles. The van der Waals surface area contributed by atoms with Crippen LogP contribution in [0.2, 0.25) is 0 Å². The molecule has 6 nitrogen and oxygen atoms in total. The van der Waals surface area contributed by atoms with Gasteiger partial charge in [-0.05, 0) is 18.8 Å². The summed E-state index contributed by atoms with van der Waals surface area (Å²) in [6, 6.07) is -0.125. The first-order chi connectivity index (χ1) is 8.63. The molecule has 8 heteroatoms. The van der Waals surface area contributed by atoms with Gasteiger partial charge in [0.05, 0.1) is 13.2 Å². The van der Waals surface area contributed by atoms with Crippen LogP contribution in [-0.2, 0) is 14.9 Å². The van der Waals surface area contributed by atoms with Crippen LogP contribution in [0.5, 0.6) is 0 Å². The van der Waals surface area contributed by atoms with E-state index in [0.29, 0.717) is 38.8 Å². The summed E-state index contributed by atoms with van der Waals surface area (Å²) in [5.74, 6) is 0.394. The summed E-state index contributed by atoms with van der Waals surface area (Å²) in [4.78, 5) is 0. The number of rotatable bonds is 5. The molecule has 0 aromatic heterocycles. The maximum Gasteiger partial charge on any atom is 0.279 e. The highest BCUT2D eigenvalue weighted by Gasteiger charge is 2.31. The van der Waals surface area contributed by atoms with Gasteiger partial charge in [-0.3, -0.25) is 0 Å². The summed E-state index contributed by atoms with van der Waals surface area (Å²) < 4.78 is 33.8. The molecule has 2 rings (SSSR count). The molecule has 0 bridgehead atoms. The largest absolute Gasteiger partial charge is 0.379 e. The van der Waals surface area contributed by atoms with E-state index in [1.807, 2.05) is 0 Å². The van der Waals surface area contributed by atoms with Crippen LogP contribution in [0.3, 0.4) is 0 Å². The number of halogens is 1. The van der Waals surface area contributed by atoms with Crippen molar-refractivity contribution in [1.82, 2.24) is 9.03 Å². The highest BCUT2D eigenvalue weighted by molar-refractivity contribution is 7.87. The van der Waals surface area contributed by atoms with Crippen molar-refractivity contribution < 1.29 is 13.2 Å². The third-order valence-electron chi connectivity index (χ3n) is 3.83. The fraction of sp³-hybridized carbons (Fsp3) is 1.00. The lowest BCUT2D eigenvalue weighted by Crippen LogP contribution is -2.53. The van der Waals surface area contributed by atoms with E-state index in [0.717, 1.165) is 12.8 Å². The van der Waals surface area contributed by atoms with Crippen LogP contribution >= 0.6 is 12.4 Å². The molecule has 19 heavy (non-hydrogen) atoms. The van der Waals surface area contributed by atoms with Crippen LogP contribution < -0.4 is 10.5 Å². The van der Waals surface area contributed by atoms with Crippen molar-refractivity contribution in [3.8, 4) is 0 Å². The quantitative estimate of drug-likeness (QED) is 0.753. The van der Waals surface area contributed by atoms with E-state index in [1.54, 1.807) is 0 Å². The van der Waals surface area contributed by atoms with Crippen LogP contribution in [0.15, 0.2) is 0 Å². The van der Waals surface area contributed by atoms with E-state index in [4.69, 9.17) is 10.5 Å². The molecule has 1 atom stereocenters. The minimum absolute atomic E-state index is 0. The van der Waals surface area contributed by atoms with Gasteiger partial charge >= 0.3 is 0 Å². The van der Waals surface area contributed by atoms with Gasteiger partial charge in [-0.2, -0.15) is 17.4 Å². The molecule has 1 aliphatic carbocycles. The smallest absolute Gasteiger partial charge is 0.279 e. The number of ether oxygens (including phenoxy) is 1. The fourth-order valence-electron chi connectivity index (χ4n) is 2.75. The lowest BCUT2D eigenvalue weighted by Gasteiger charge is -2.30. The summed E-state index contributed by atoms with van der Waals surface area (Å²) in [5, 5.41) is 0. The van der Waals surface area contributed by atoms with E-state index in [-0.39, 0.29) is 18.4 Å². The molecule has 0 aromatic carbocycles. The zero-order valence-electron chi connectivity index (χ0n) is 11.1. The lowest BCUT2D eigenvalue weighted by molar-refractivity contribution is 0.0722. The third kappa shape index (κ3) is 4.54. The summed E-state index contributed by atoms with van der Waals surface area (Å²) >= 11 is 0. The Labute approximate surface area is 121 Å². The summed E-state index contributed by atoms with van der Waals surface area (Å²) in [5.41, 5.74) is 5.72. The number of nitrogens with two attached hydrogens (primary N) is 1. The van der Waals surface area contributed by atoms with E-state index in [2.05, 4.69) is 4.72 Å². The maximum absolute atomic E-state index is 12.2. The Morgan fingerprint density at radius 1 is 1.26 bits per heavy atom. The second-order valence-electron chi connectivity index (χ2n) is 5.02. The zero-order chi connectivity index (χ0) is 13.0. The molecule has 1 unspecified atom stereocenters. The van der Waals surface area contributed by atoms with Crippen molar-refractivity contribution in [2.75, 3.05) is 32.8 Å². The Kier molecular flexibility index (Phi) is 6.99. The van der Waals surface area contributed by atoms with Gasteiger partial charge in [0.1, 0.15) is 0 Å². The zero-order valence-corrected chi connectivity index (χ0v) is 12.7. The van der Waals surface area contributed by atoms with Crippen LogP contribution in [0.1, 0.15) is 25.7 Å². The molecular weight excluding hydrogens is 290 g/mol. The van der Waals surface area contributed by atoms with Crippen molar-refractivity contribution in [2.24, 2.45) is 11.7 Å². The molecule has 0 spiro atoms. The molecule has 1 heterocycles. The molecule has 1 aliphatic heterocycles. The predicted octanol–water partition coefficient (Wildman–Crippen LogP) is 0.0923. The predicted molar refractivity (Wildman–Crippen MR) is 76.5 cm³/mol. The first-order valence-corrected chi connectivity index (χ1v) is 8.12. The van der Waals surface area contributed by atoms with Gasteiger partial charge in [0.2, 0.25) is 0 Å². The molecule has 0 amide bonds. The maximum atomic E-state index is 12.2. The lowest BCUT2D eigenvalue weighted by atomic mass is 9.99. The molecule has 114 valence electrons. The third-order valence-corrected chi connectivity index (χ3v) is 5.48. The second kappa shape index (κ2) is 7.75. The molecule has 0 aromatic rings. The van der Waals surface area contributed by atoms with E-state index in [1.165, 1.54) is 17.1 Å². The van der Waals surface area contributed by atoms with Crippen molar-refractivity contribution >= 4 is 22.6 Å². The molecule has 0 radical (unpaired) electrons. The fourth-order valence-corrected chi connectivity index (χ4v) is 4.20. The molecule has 2 fully saturated rings. The molecule has 3 N–H and O–H groups in total. The van der Waals surface area contributed by atoms with Gasteiger partial charge in [0.25, 0.3) is 10.2 Å². The highest BCUT2D eigenvalue weighted by Crippen LogP contribution is 2.27. The summed E-state index contributed by atoms with van der Waals surface area (Å²) in [7, 11) is -3.41. The minimum atomic E-state index is -3.41. The Bertz CT molecular complexity index is 354. The SMILES string of the molecule is Cl.NCC(NS(=O)(=O)N1CCOCC1)C1CCCC1. The van der Waals surface area contributed by atoms with Crippen LogP contribution in [0.25, 0.3) is 0 Å². The molecular formula is C11H24ClN3O3S. The van der Waals surface area contributed by atoms with Crippen molar-refractivity contribution in [3.63, 3.8) is 0 Å². The van der Waals surface area contributed by atoms with Crippen molar-refractivity contribution in [1.29, 1.82) is 0 Å². The van der Waals surface area contributed by atoms with Gasteiger partial charge in [0.15, 0.2) is 0 Å². The van der Waals surface area contributed by atoms with E-state index >= 15 is 0 Å². The van der Waals surface area contributed by atoms with Crippen LogP contribution in [-0.4, -0.2) is 51.6 Å². The average Bonchev–Trinajstić information content (AvgIpc) is 2.91. The number of morpholine rings is 1. The minimum Gasteiger partial charge on any atom is -0.379 e. The normalized spacial score (nSPS) is 24.1. The van der Waals surface area contributed by atoms with Gasteiger partial charge in [-0.1, -0.05) is 12.8 Å². The number of nitrogens with zero attached hydrogens (tertiary/aromatic N) is 1. The topological polar surface area (TPSA) is 84.7 Å². The van der Waals surface area contributed by atoms with Crippen molar-refractivity contribution in [3.05, 3.63) is 0 Å². The standard InChI is InChI=1S/C11H23N3O3S.ClH/c12-9-11(10-3-1-2-4-10)13-18(15,16)14-5-7-17-8-6-14;/h10-11,13H,1-9,12H2;1H. The van der Waals surface area contributed by atoms with Crippen molar-refractivity contribution in [2.45, 2.75) is 31.7 Å². The van der Waals surface area contributed by atoms with Crippen LogP contribution in [0, 0.1) is 5.92 Å².